The van der Waals surface area contributed by atoms with Gasteiger partial charge in [-0.05, 0) is 86.6 Å². The Balaban J connectivity index is 1.92. The lowest BCUT2D eigenvalue weighted by molar-refractivity contribution is -0.143. The Morgan fingerprint density at radius 3 is 1.91 bits per heavy atom. The molecule has 2 aromatic rings. The van der Waals surface area contributed by atoms with Gasteiger partial charge in [0.15, 0.2) is 0 Å². The maximum absolute atomic E-state index is 13.9. The van der Waals surface area contributed by atoms with E-state index in [1.54, 1.807) is 13.8 Å². The number of fused-ring (bicyclic) bond motifs is 1. The first kappa shape index (κ1) is 35.2. The van der Waals surface area contributed by atoms with Crippen LogP contribution in [0, 0.1) is 5.92 Å². The number of nitrogens with zero attached hydrogens (tertiary/aromatic N) is 2. The van der Waals surface area contributed by atoms with Gasteiger partial charge < -0.3 is 9.47 Å². The predicted octanol–water partition coefficient (Wildman–Crippen LogP) is 9.76. The number of carbonyl (C=O) groups is 2. The van der Waals surface area contributed by atoms with Gasteiger partial charge in [-0.2, -0.15) is 39.5 Å². The first-order valence-corrected chi connectivity index (χ1v) is 14.6. The molecule has 0 spiro atoms. The Morgan fingerprint density at radius 2 is 1.41 bits per heavy atom. The summed E-state index contributed by atoms with van der Waals surface area (Å²) in [4.78, 5) is 28.8. The highest BCUT2D eigenvalue weighted by atomic mass is 19.4. The first-order valence-electron chi connectivity index (χ1n) is 14.6. The molecule has 1 heterocycles. The molecule has 15 heteroatoms. The van der Waals surface area contributed by atoms with E-state index in [2.05, 4.69) is 0 Å². The van der Waals surface area contributed by atoms with Crippen molar-refractivity contribution in [3.05, 3.63) is 64.2 Å². The standard InChI is InChI=1S/C31H33F9N2O4/c1-17(2)46-28(44)42-24-10-9-20(29(32,33)34)14-23(24)26(15-25(42)19-7-5-4-6-8-19)41(27(43)45-3)16-18-11-21(30(35,36)37)13-22(12-18)31(38,39)40/h9-14,17,19,25-26H,4-8,15-16H2,1-3H3/t25-,26-/m0/s1. The lowest BCUT2D eigenvalue weighted by atomic mass is 9.77. The van der Waals surface area contributed by atoms with Crippen LogP contribution in [0.3, 0.4) is 0 Å². The third-order valence-corrected chi connectivity index (χ3v) is 8.28. The van der Waals surface area contributed by atoms with Gasteiger partial charge in [0.05, 0.1) is 41.6 Å². The summed E-state index contributed by atoms with van der Waals surface area (Å²) >= 11 is 0. The van der Waals surface area contributed by atoms with Crippen molar-refractivity contribution in [1.82, 2.24) is 4.90 Å². The minimum atomic E-state index is -5.17. The van der Waals surface area contributed by atoms with E-state index in [0.717, 1.165) is 49.5 Å². The van der Waals surface area contributed by atoms with Crippen molar-refractivity contribution < 1.29 is 58.6 Å². The fraction of sp³-hybridized carbons (Fsp3) is 0.548. The fourth-order valence-corrected chi connectivity index (χ4v) is 6.29. The summed E-state index contributed by atoms with van der Waals surface area (Å²) < 4.78 is 134. The molecule has 0 aromatic heterocycles. The molecular formula is C31H33F9N2O4. The fourth-order valence-electron chi connectivity index (χ4n) is 6.29. The van der Waals surface area contributed by atoms with E-state index in [-0.39, 0.29) is 29.7 Å². The van der Waals surface area contributed by atoms with Gasteiger partial charge in [-0.3, -0.25) is 9.80 Å². The highest BCUT2D eigenvalue weighted by Crippen LogP contribution is 2.48. The van der Waals surface area contributed by atoms with E-state index < -0.39 is 77.7 Å². The second-order valence-corrected chi connectivity index (χ2v) is 11.8. The number of hydrogen-bond donors (Lipinski definition) is 0. The summed E-state index contributed by atoms with van der Waals surface area (Å²) in [5.74, 6) is -0.184. The third-order valence-electron chi connectivity index (χ3n) is 8.28. The molecule has 1 saturated carbocycles. The van der Waals surface area contributed by atoms with E-state index in [9.17, 15) is 49.1 Å². The normalized spacial score (nSPS) is 19.5. The monoisotopic (exact) mass is 668 g/mol. The molecule has 1 fully saturated rings. The molecule has 0 saturated heterocycles. The number of carbonyl (C=O) groups excluding carboxylic acids is 2. The Hall–Kier alpha value is -3.65. The molecule has 0 radical (unpaired) electrons. The smallest absolute Gasteiger partial charge is 0.416 e. The van der Waals surface area contributed by atoms with Crippen molar-refractivity contribution >= 4 is 17.9 Å². The quantitative estimate of drug-likeness (QED) is 0.298. The van der Waals surface area contributed by atoms with Gasteiger partial charge in [-0.15, -0.1) is 0 Å². The van der Waals surface area contributed by atoms with Gasteiger partial charge in [-0.1, -0.05) is 19.3 Å². The summed E-state index contributed by atoms with van der Waals surface area (Å²) in [6.07, 6.45) is -14.2. The molecule has 1 aliphatic heterocycles. The highest BCUT2D eigenvalue weighted by Gasteiger charge is 2.46. The van der Waals surface area contributed by atoms with Gasteiger partial charge in [0, 0.05) is 12.6 Å². The Kier molecular flexibility index (Phi) is 10.1. The molecule has 2 amide bonds. The lowest BCUT2D eigenvalue weighted by Gasteiger charge is -2.47. The second kappa shape index (κ2) is 13.2. The van der Waals surface area contributed by atoms with E-state index in [1.165, 1.54) is 4.90 Å². The average Bonchev–Trinajstić information content (AvgIpc) is 2.97. The summed E-state index contributed by atoms with van der Waals surface area (Å²) in [5.41, 5.74) is -5.14. The Bertz CT molecular complexity index is 1380. The third kappa shape index (κ3) is 7.83. The summed E-state index contributed by atoms with van der Waals surface area (Å²) in [5, 5.41) is 0. The van der Waals surface area contributed by atoms with Crippen LogP contribution in [-0.2, 0) is 34.5 Å². The number of hydrogen-bond acceptors (Lipinski definition) is 4. The van der Waals surface area contributed by atoms with Crippen molar-refractivity contribution in [2.75, 3.05) is 12.0 Å². The zero-order valence-corrected chi connectivity index (χ0v) is 25.2. The molecule has 4 rings (SSSR count). The van der Waals surface area contributed by atoms with Gasteiger partial charge in [-0.25, -0.2) is 9.59 Å². The van der Waals surface area contributed by atoms with E-state index in [4.69, 9.17) is 9.47 Å². The maximum Gasteiger partial charge on any atom is 0.416 e. The first-order chi connectivity index (χ1) is 21.3. The Labute approximate surface area is 259 Å². The van der Waals surface area contributed by atoms with Crippen molar-refractivity contribution in [3.63, 3.8) is 0 Å². The van der Waals surface area contributed by atoms with Gasteiger partial charge in [0.2, 0.25) is 0 Å². The number of halogens is 9. The SMILES string of the molecule is COC(=O)N(Cc1cc(C(F)(F)F)cc(C(F)(F)F)c1)[C@H]1C[C@@H](C2CCCCC2)N(C(=O)OC(C)C)c2ccc(C(F)(F)F)cc21. The molecule has 2 atom stereocenters. The van der Waals surface area contributed by atoms with Crippen LogP contribution in [-0.4, -0.2) is 36.3 Å². The number of ether oxygens (including phenoxy) is 2. The van der Waals surface area contributed by atoms with E-state index in [1.807, 2.05) is 0 Å². The average molecular weight is 669 g/mol. The predicted molar refractivity (Wildman–Crippen MR) is 148 cm³/mol. The lowest BCUT2D eigenvalue weighted by Crippen LogP contribution is -2.52. The van der Waals surface area contributed by atoms with Crippen molar-refractivity contribution in [2.45, 2.75) is 95.6 Å². The molecule has 6 nitrogen and oxygen atoms in total. The van der Waals surface area contributed by atoms with Gasteiger partial charge in [0.1, 0.15) is 0 Å². The molecule has 2 aliphatic rings. The molecule has 0 unspecified atom stereocenters. The van der Waals surface area contributed by atoms with Crippen LogP contribution in [0.2, 0.25) is 0 Å². The molecular weight excluding hydrogens is 635 g/mol. The molecule has 1 aliphatic carbocycles. The van der Waals surface area contributed by atoms with Gasteiger partial charge in [0.25, 0.3) is 0 Å². The minimum Gasteiger partial charge on any atom is -0.453 e. The number of alkyl halides is 9. The van der Waals surface area contributed by atoms with Crippen LogP contribution in [0.4, 0.5) is 54.8 Å². The number of rotatable bonds is 5. The van der Waals surface area contributed by atoms with Gasteiger partial charge >= 0.3 is 30.7 Å². The maximum atomic E-state index is 13.9. The van der Waals surface area contributed by atoms with Crippen LogP contribution in [0.5, 0.6) is 0 Å². The van der Waals surface area contributed by atoms with Crippen LogP contribution >= 0.6 is 0 Å². The molecule has 254 valence electrons. The Morgan fingerprint density at radius 1 is 0.848 bits per heavy atom. The van der Waals surface area contributed by atoms with Crippen molar-refractivity contribution in [1.29, 1.82) is 0 Å². The second-order valence-electron chi connectivity index (χ2n) is 11.8. The largest absolute Gasteiger partial charge is 0.453 e. The molecule has 0 bridgehead atoms. The van der Waals surface area contributed by atoms with Crippen LogP contribution < -0.4 is 4.90 Å². The minimum absolute atomic E-state index is 0.0144. The summed E-state index contributed by atoms with van der Waals surface area (Å²) in [6.45, 7) is 2.32. The topological polar surface area (TPSA) is 59.1 Å². The van der Waals surface area contributed by atoms with Crippen LogP contribution in [0.1, 0.15) is 86.2 Å². The number of methoxy groups -OCH3 is 1. The molecule has 2 aromatic carbocycles. The number of amides is 2. The number of anilines is 1. The summed E-state index contributed by atoms with van der Waals surface area (Å²) in [7, 11) is 0.934. The van der Waals surface area contributed by atoms with Crippen molar-refractivity contribution in [2.24, 2.45) is 5.92 Å². The molecule has 46 heavy (non-hydrogen) atoms. The van der Waals surface area contributed by atoms with Crippen LogP contribution in [0.15, 0.2) is 36.4 Å². The number of benzene rings is 2. The molecule has 0 N–H and O–H groups in total. The summed E-state index contributed by atoms with van der Waals surface area (Å²) in [6, 6.07) is 1.36. The highest BCUT2D eigenvalue weighted by molar-refractivity contribution is 5.91. The van der Waals surface area contributed by atoms with Crippen molar-refractivity contribution in [3.8, 4) is 0 Å². The zero-order chi connectivity index (χ0) is 34.2. The van der Waals surface area contributed by atoms with Crippen LogP contribution in [0.25, 0.3) is 0 Å². The zero-order valence-electron chi connectivity index (χ0n) is 25.2. The van der Waals surface area contributed by atoms with E-state index >= 15 is 0 Å². The van der Waals surface area contributed by atoms with E-state index in [0.29, 0.717) is 25.0 Å².